The van der Waals surface area contributed by atoms with Crippen LogP contribution >= 0.6 is 0 Å². The molecule has 0 radical (unpaired) electrons. The summed E-state index contributed by atoms with van der Waals surface area (Å²) >= 11 is 0. The quantitative estimate of drug-likeness (QED) is 0.223. The summed E-state index contributed by atoms with van der Waals surface area (Å²) < 4.78 is 18.3. The maximum atomic E-state index is 6.45. The summed E-state index contributed by atoms with van der Waals surface area (Å²) in [5.41, 5.74) is 0. The normalized spacial score (nSPS) is 19.4. The Kier molecular flexibility index (Phi) is 15.5. The molecule has 0 bridgehead atoms. The lowest BCUT2D eigenvalue weighted by Crippen LogP contribution is -2.46. The van der Waals surface area contributed by atoms with E-state index in [0.29, 0.717) is 6.79 Å². The molecular formula is C24H48O3. The number of hydrogen-bond donors (Lipinski definition) is 0. The van der Waals surface area contributed by atoms with Crippen molar-refractivity contribution in [1.29, 1.82) is 0 Å². The maximum Gasteiger partial charge on any atom is 0.174 e. The molecule has 0 aliphatic carbocycles. The summed E-state index contributed by atoms with van der Waals surface area (Å²) in [6, 6.07) is 0. The van der Waals surface area contributed by atoms with Crippen LogP contribution in [0.5, 0.6) is 0 Å². The van der Waals surface area contributed by atoms with Crippen molar-refractivity contribution in [3.05, 3.63) is 0 Å². The van der Waals surface area contributed by atoms with Gasteiger partial charge in [0.05, 0.1) is 0 Å². The Balaban J connectivity index is 2.41. The minimum Gasteiger partial charge on any atom is -0.326 e. The molecule has 1 atom stereocenters. The topological polar surface area (TPSA) is 27.7 Å². The van der Waals surface area contributed by atoms with Crippen LogP contribution in [0, 0.1) is 0 Å². The first-order valence-corrected chi connectivity index (χ1v) is 12.2. The fourth-order valence-corrected chi connectivity index (χ4v) is 3.96. The molecular weight excluding hydrogens is 336 g/mol. The minimum atomic E-state index is -0.384. The van der Waals surface area contributed by atoms with Gasteiger partial charge in [-0.1, -0.05) is 97.8 Å². The third-order valence-corrected chi connectivity index (χ3v) is 5.79. The van der Waals surface area contributed by atoms with Gasteiger partial charge in [-0.05, 0) is 25.7 Å². The Bertz CT molecular complexity index is 305. The van der Waals surface area contributed by atoms with Crippen molar-refractivity contribution >= 4 is 0 Å². The molecule has 1 aliphatic heterocycles. The lowest BCUT2D eigenvalue weighted by atomic mass is 9.98. The van der Waals surface area contributed by atoms with Crippen LogP contribution in [0.1, 0.15) is 136 Å². The zero-order chi connectivity index (χ0) is 19.6. The molecule has 3 nitrogen and oxygen atoms in total. The van der Waals surface area contributed by atoms with Gasteiger partial charge in [0.25, 0.3) is 0 Å². The second kappa shape index (κ2) is 16.8. The van der Waals surface area contributed by atoms with E-state index in [1.165, 1.54) is 96.3 Å². The van der Waals surface area contributed by atoms with Gasteiger partial charge in [0, 0.05) is 12.8 Å². The fourth-order valence-electron chi connectivity index (χ4n) is 3.96. The molecule has 1 fully saturated rings. The van der Waals surface area contributed by atoms with Crippen molar-refractivity contribution in [3.8, 4) is 0 Å². The van der Waals surface area contributed by atoms with Gasteiger partial charge in [-0.2, -0.15) is 0 Å². The number of rotatable bonds is 18. The predicted octanol–water partition coefficient (Wildman–Crippen LogP) is 8.11. The monoisotopic (exact) mass is 384 g/mol. The summed E-state index contributed by atoms with van der Waals surface area (Å²) in [4.78, 5) is 0. The standard InChI is InChI=1S/C24H48O3/c1-4-7-10-13-16-19-23-25-22-26-24(27-23,20-17-14-11-8-5-2)21-18-15-12-9-6-3/h23H,4-22H2,1-3H3. The van der Waals surface area contributed by atoms with E-state index in [-0.39, 0.29) is 12.1 Å². The zero-order valence-corrected chi connectivity index (χ0v) is 18.7. The van der Waals surface area contributed by atoms with Crippen molar-refractivity contribution in [2.24, 2.45) is 0 Å². The fraction of sp³-hybridized carbons (Fsp3) is 1.00. The molecule has 0 amide bonds. The van der Waals surface area contributed by atoms with E-state index in [1.54, 1.807) is 0 Å². The molecule has 162 valence electrons. The molecule has 27 heavy (non-hydrogen) atoms. The van der Waals surface area contributed by atoms with Gasteiger partial charge in [0.15, 0.2) is 18.9 Å². The van der Waals surface area contributed by atoms with Gasteiger partial charge in [0.1, 0.15) is 0 Å². The van der Waals surface area contributed by atoms with Gasteiger partial charge in [-0.15, -0.1) is 0 Å². The van der Waals surface area contributed by atoms with E-state index in [9.17, 15) is 0 Å². The number of hydrogen-bond acceptors (Lipinski definition) is 3. The first-order valence-electron chi connectivity index (χ1n) is 12.2. The van der Waals surface area contributed by atoms with Crippen LogP contribution in [-0.2, 0) is 14.2 Å². The van der Waals surface area contributed by atoms with E-state index < -0.39 is 0 Å². The molecule has 0 aromatic rings. The third-order valence-electron chi connectivity index (χ3n) is 5.79. The van der Waals surface area contributed by atoms with Crippen LogP contribution in [-0.4, -0.2) is 18.9 Å². The third kappa shape index (κ3) is 12.1. The van der Waals surface area contributed by atoms with Gasteiger partial charge in [-0.25, -0.2) is 0 Å². The highest BCUT2D eigenvalue weighted by atomic mass is 16.9. The van der Waals surface area contributed by atoms with Crippen molar-refractivity contribution in [3.63, 3.8) is 0 Å². The van der Waals surface area contributed by atoms with Crippen LogP contribution in [0.2, 0.25) is 0 Å². The van der Waals surface area contributed by atoms with E-state index in [4.69, 9.17) is 14.2 Å². The summed E-state index contributed by atoms with van der Waals surface area (Å²) in [5, 5.41) is 0. The summed E-state index contributed by atoms with van der Waals surface area (Å²) in [5.74, 6) is -0.384. The van der Waals surface area contributed by atoms with Crippen molar-refractivity contribution < 1.29 is 14.2 Å². The van der Waals surface area contributed by atoms with Crippen molar-refractivity contribution in [2.75, 3.05) is 6.79 Å². The largest absolute Gasteiger partial charge is 0.326 e. The Hall–Kier alpha value is -0.120. The maximum absolute atomic E-state index is 6.45. The molecule has 0 N–H and O–H groups in total. The minimum absolute atomic E-state index is 0.0633. The van der Waals surface area contributed by atoms with Crippen molar-refractivity contribution in [2.45, 2.75) is 148 Å². The predicted molar refractivity (Wildman–Crippen MR) is 115 cm³/mol. The molecule has 3 heteroatoms. The Morgan fingerprint density at radius 3 is 1.63 bits per heavy atom. The first kappa shape index (κ1) is 24.9. The number of unbranched alkanes of at least 4 members (excludes halogenated alkanes) is 12. The molecule has 1 heterocycles. The summed E-state index contributed by atoms with van der Waals surface area (Å²) in [6.07, 6.45) is 22.4. The van der Waals surface area contributed by atoms with E-state index in [2.05, 4.69) is 20.8 Å². The van der Waals surface area contributed by atoms with Gasteiger partial charge in [0.2, 0.25) is 0 Å². The average molecular weight is 385 g/mol. The number of ether oxygens (including phenoxy) is 3. The van der Waals surface area contributed by atoms with Crippen molar-refractivity contribution in [1.82, 2.24) is 0 Å². The van der Waals surface area contributed by atoms with E-state index in [0.717, 1.165) is 19.3 Å². The molecule has 1 aliphatic rings. The van der Waals surface area contributed by atoms with E-state index >= 15 is 0 Å². The molecule has 0 aromatic heterocycles. The summed E-state index contributed by atoms with van der Waals surface area (Å²) in [7, 11) is 0. The average Bonchev–Trinajstić information content (AvgIpc) is 2.68. The van der Waals surface area contributed by atoms with Crippen LogP contribution in [0.4, 0.5) is 0 Å². The highest BCUT2D eigenvalue weighted by Crippen LogP contribution is 2.34. The van der Waals surface area contributed by atoms with Crippen LogP contribution in [0.3, 0.4) is 0 Å². The zero-order valence-electron chi connectivity index (χ0n) is 18.7. The highest BCUT2D eigenvalue weighted by Gasteiger charge is 2.38. The lowest BCUT2D eigenvalue weighted by molar-refractivity contribution is -0.401. The van der Waals surface area contributed by atoms with Crippen LogP contribution in [0.25, 0.3) is 0 Å². The summed E-state index contributed by atoms with van der Waals surface area (Å²) in [6.45, 7) is 7.21. The van der Waals surface area contributed by atoms with Gasteiger partial charge < -0.3 is 14.2 Å². The second-order valence-electron chi connectivity index (χ2n) is 8.42. The Morgan fingerprint density at radius 1 is 0.630 bits per heavy atom. The second-order valence-corrected chi connectivity index (χ2v) is 8.42. The van der Waals surface area contributed by atoms with E-state index in [1.807, 2.05) is 0 Å². The Morgan fingerprint density at radius 2 is 1.11 bits per heavy atom. The molecule has 1 saturated heterocycles. The molecule has 0 aromatic carbocycles. The van der Waals surface area contributed by atoms with Gasteiger partial charge >= 0.3 is 0 Å². The van der Waals surface area contributed by atoms with Crippen LogP contribution in [0.15, 0.2) is 0 Å². The smallest absolute Gasteiger partial charge is 0.174 e. The highest BCUT2D eigenvalue weighted by molar-refractivity contribution is 4.74. The lowest BCUT2D eigenvalue weighted by Gasteiger charge is -2.41. The molecule has 0 saturated carbocycles. The first-order chi connectivity index (χ1) is 13.3. The molecule has 0 spiro atoms. The van der Waals surface area contributed by atoms with Crippen LogP contribution < -0.4 is 0 Å². The van der Waals surface area contributed by atoms with Gasteiger partial charge in [-0.3, -0.25) is 0 Å². The Labute approximate surface area is 169 Å². The SMILES string of the molecule is CCCCCCCC1OCOC(CCCCCCC)(CCCCCCC)O1. The molecule has 1 unspecified atom stereocenters. The molecule has 1 rings (SSSR count).